The fourth-order valence-corrected chi connectivity index (χ4v) is 2.52. The normalized spacial score (nSPS) is 23.8. The number of rotatable bonds is 2. The molecule has 0 saturated carbocycles. The minimum atomic E-state index is 0.0544. The van der Waals surface area contributed by atoms with E-state index in [1.165, 1.54) is 5.69 Å². The Kier molecular flexibility index (Phi) is 3.03. The summed E-state index contributed by atoms with van der Waals surface area (Å²) in [6, 6.07) is 1.94. The van der Waals surface area contributed by atoms with Crippen molar-refractivity contribution in [2.45, 2.75) is 39.0 Å². The first-order chi connectivity index (χ1) is 9.06. The number of morpholine rings is 1. The van der Waals surface area contributed by atoms with Gasteiger partial charge in [-0.1, -0.05) is 0 Å². The lowest BCUT2D eigenvalue weighted by Crippen LogP contribution is -2.55. The third-order valence-electron chi connectivity index (χ3n) is 3.77. The van der Waals surface area contributed by atoms with Gasteiger partial charge in [0.25, 0.3) is 0 Å². The van der Waals surface area contributed by atoms with Crippen LogP contribution in [0.4, 0.5) is 0 Å². The molecule has 2 aromatic heterocycles. The van der Waals surface area contributed by atoms with Gasteiger partial charge in [-0.3, -0.25) is 9.30 Å². The molecule has 0 amide bonds. The van der Waals surface area contributed by atoms with Crippen LogP contribution in [0.2, 0.25) is 0 Å². The number of hydrogen-bond donors (Lipinski definition) is 0. The summed E-state index contributed by atoms with van der Waals surface area (Å²) in [7, 11) is 0. The lowest BCUT2D eigenvalue weighted by molar-refractivity contribution is -0.0954. The predicted molar refractivity (Wildman–Crippen MR) is 72.9 cm³/mol. The number of imidazole rings is 1. The Labute approximate surface area is 113 Å². The second-order valence-corrected chi connectivity index (χ2v) is 5.85. The minimum Gasteiger partial charge on any atom is -0.375 e. The molecule has 19 heavy (non-hydrogen) atoms. The van der Waals surface area contributed by atoms with Gasteiger partial charge in [-0.25, -0.2) is 9.97 Å². The average Bonchev–Trinajstić information content (AvgIpc) is 2.78. The third-order valence-corrected chi connectivity index (χ3v) is 3.77. The molecule has 5 nitrogen and oxygen atoms in total. The van der Waals surface area contributed by atoms with Crippen LogP contribution >= 0.6 is 0 Å². The van der Waals surface area contributed by atoms with Crippen LogP contribution < -0.4 is 0 Å². The van der Waals surface area contributed by atoms with Crippen molar-refractivity contribution in [1.82, 2.24) is 19.3 Å². The van der Waals surface area contributed by atoms with Crippen LogP contribution in [0, 0.1) is 0 Å². The lowest BCUT2D eigenvalue weighted by Gasteiger charge is -2.44. The first kappa shape index (κ1) is 12.6. The predicted octanol–water partition coefficient (Wildman–Crippen LogP) is 1.73. The second-order valence-electron chi connectivity index (χ2n) is 5.85. The maximum atomic E-state index is 5.75. The molecular formula is C14H20N4O. The highest BCUT2D eigenvalue weighted by atomic mass is 16.5. The molecule has 1 aliphatic rings. The molecule has 0 N–H and O–H groups in total. The summed E-state index contributed by atoms with van der Waals surface area (Å²) in [5.74, 6) is 0.761. The van der Waals surface area contributed by atoms with E-state index in [1.54, 1.807) is 6.20 Å². The van der Waals surface area contributed by atoms with E-state index in [-0.39, 0.29) is 11.6 Å². The monoisotopic (exact) mass is 260 g/mol. The lowest BCUT2D eigenvalue weighted by atomic mass is 10.0. The number of fused-ring (bicyclic) bond motifs is 1. The fourth-order valence-electron chi connectivity index (χ4n) is 2.52. The molecule has 1 saturated heterocycles. The first-order valence-electron chi connectivity index (χ1n) is 6.70. The van der Waals surface area contributed by atoms with Crippen molar-refractivity contribution in [1.29, 1.82) is 0 Å². The van der Waals surface area contributed by atoms with Gasteiger partial charge in [-0.15, -0.1) is 0 Å². The van der Waals surface area contributed by atoms with Crippen molar-refractivity contribution >= 4 is 5.78 Å². The van der Waals surface area contributed by atoms with Crippen molar-refractivity contribution in [3.63, 3.8) is 0 Å². The van der Waals surface area contributed by atoms with Gasteiger partial charge in [0.2, 0.25) is 5.78 Å². The molecule has 1 fully saturated rings. The highest BCUT2D eigenvalue weighted by Crippen LogP contribution is 2.24. The van der Waals surface area contributed by atoms with Gasteiger partial charge in [-0.05, 0) is 26.8 Å². The van der Waals surface area contributed by atoms with Crippen molar-refractivity contribution in [2.75, 3.05) is 13.2 Å². The van der Waals surface area contributed by atoms with E-state index in [1.807, 2.05) is 18.5 Å². The Morgan fingerprint density at radius 3 is 3.11 bits per heavy atom. The van der Waals surface area contributed by atoms with Crippen molar-refractivity contribution in [3.8, 4) is 0 Å². The Morgan fingerprint density at radius 2 is 2.26 bits per heavy atom. The summed E-state index contributed by atoms with van der Waals surface area (Å²) in [5, 5.41) is 0. The highest BCUT2D eigenvalue weighted by Gasteiger charge is 2.33. The van der Waals surface area contributed by atoms with Crippen LogP contribution in [0.25, 0.3) is 5.78 Å². The molecule has 0 radical (unpaired) electrons. The fraction of sp³-hybridized carbons (Fsp3) is 0.571. The minimum absolute atomic E-state index is 0.0544. The third kappa shape index (κ3) is 2.35. The molecule has 0 aromatic carbocycles. The number of nitrogens with zero attached hydrogens (tertiary/aromatic N) is 4. The van der Waals surface area contributed by atoms with Gasteiger partial charge in [0.1, 0.15) is 0 Å². The van der Waals surface area contributed by atoms with E-state index in [0.717, 1.165) is 25.5 Å². The average molecular weight is 260 g/mol. The topological polar surface area (TPSA) is 42.7 Å². The molecule has 0 spiro atoms. The summed E-state index contributed by atoms with van der Waals surface area (Å²) in [6.07, 6.45) is 5.98. The molecule has 1 atom stereocenters. The Morgan fingerprint density at radius 1 is 1.42 bits per heavy atom. The summed E-state index contributed by atoms with van der Waals surface area (Å²) < 4.78 is 7.81. The molecule has 0 bridgehead atoms. The summed E-state index contributed by atoms with van der Waals surface area (Å²) in [4.78, 5) is 11.1. The van der Waals surface area contributed by atoms with E-state index in [9.17, 15) is 0 Å². The highest BCUT2D eigenvalue weighted by molar-refractivity contribution is 5.30. The van der Waals surface area contributed by atoms with Crippen molar-refractivity contribution in [3.05, 3.63) is 30.4 Å². The van der Waals surface area contributed by atoms with E-state index < -0.39 is 0 Å². The molecule has 0 unspecified atom stereocenters. The second kappa shape index (κ2) is 4.58. The summed E-state index contributed by atoms with van der Waals surface area (Å²) in [6.45, 7) is 9.15. The van der Waals surface area contributed by atoms with E-state index in [0.29, 0.717) is 0 Å². The van der Waals surface area contributed by atoms with Crippen LogP contribution in [0.3, 0.4) is 0 Å². The summed E-state index contributed by atoms with van der Waals surface area (Å²) in [5.41, 5.74) is 1.23. The van der Waals surface area contributed by atoms with E-state index >= 15 is 0 Å². The maximum Gasteiger partial charge on any atom is 0.233 e. The van der Waals surface area contributed by atoms with Crippen molar-refractivity contribution < 1.29 is 4.74 Å². The van der Waals surface area contributed by atoms with Gasteiger partial charge in [-0.2, -0.15) is 0 Å². The van der Waals surface area contributed by atoms with Crippen LogP contribution in [0.15, 0.2) is 24.7 Å². The van der Waals surface area contributed by atoms with E-state index in [4.69, 9.17) is 4.74 Å². The molecule has 2 aromatic rings. The smallest absolute Gasteiger partial charge is 0.233 e. The SMILES string of the molecule is C[C@@H]1CN(Cc2cnc3ncccn23)C(C)(C)CO1. The zero-order valence-corrected chi connectivity index (χ0v) is 11.7. The van der Waals surface area contributed by atoms with Crippen LogP contribution in [-0.4, -0.2) is 44.1 Å². The number of hydrogen-bond acceptors (Lipinski definition) is 4. The van der Waals surface area contributed by atoms with Crippen LogP contribution in [-0.2, 0) is 11.3 Å². The molecule has 0 aliphatic carbocycles. The Balaban J connectivity index is 1.87. The number of aromatic nitrogens is 3. The quantitative estimate of drug-likeness (QED) is 0.824. The molecular weight excluding hydrogens is 240 g/mol. The maximum absolute atomic E-state index is 5.75. The van der Waals surface area contributed by atoms with Gasteiger partial charge in [0.05, 0.1) is 24.6 Å². The zero-order chi connectivity index (χ0) is 13.5. The number of ether oxygens (including phenoxy) is 1. The zero-order valence-electron chi connectivity index (χ0n) is 11.7. The molecule has 3 heterocycles. The molecule has 1 aliphatic heterocycles. The van der Waals surface area contributed by atoms with Crippen molar-refractivity contribution in [2.24, 2.45) is 0 Å². The van der Waals surface area contributed by atoms with E-state index in [2.05, 4.69) is 40.0 Å². The van der Waals surface area contributed by atoms with Crippen LogP contribution in [0.1, 0.15) is 26.5 Å². The Bertz CT molecular complexity index is 578. The Hall–Kier alpha value is -1.46. The first-order valence-corrected chi connectivity index (χ1v) is 6.70. The van der Waals surface area contributed by atoms with Gasteiger partial charge in [0, 0.05) is 31.0 Å². The summed E-state index contributed by atoms with van der Waals surface area (Å²) >= 11 is 0. The molecule has 5 heteroatoms. The standard InChI is InChI=1S/C14H20N4O/c1-11-8-17(14(2,3)10-19-11)9-12-7-16-13-15-5-4-6-18(12)13/h4-7,11H,8-10H2,1-3H3/t11-/m1/s1. The molecule has 102 valence electrons. The van der Waals surface area contributed by atoms with Gasteiger partial charge >= 0.3 is 0 Å². The van der Waals surface area contributed by atoms with Gasteiger partial charge < -0.3 is 4.74 Å². The largest absolute Gasteiger partial charge is 0.375 e. The van der Waals surface area contributed by atoms with Crippen LogP contribution in [0.5, 0.6) is 0 Å². The molecule has 3 rings (SSSR count). The van der Waals surface area contributed by atoms with Gasteiger partial charge in [0.15, 0.2) is 0 Å².